The first kappa shape index (κ1) is 21.0. The molecule has 0 aliphatic carbocycles. The van der Waals surface area contributed by atoms with Crippen LogP contribution in [0.25, 0.3) is 0 Å². The zero-order valence-electron chi connectivity index (χ0n) is 13.7. The first-order valence-corrected chi connectivity index (χ1v) is 7.78. The van der Waals surface area contributed by atoms with Crippen molar-refractivity contribution in [3.8, 4) is 0 Å². The molecule has 25 heavy (non-hydrogen) atoms. The third kappa shape index (κ3) is 6.77. The number of nitrogens with zero attached hydrogens (tertiary/aromatic N) is 1. The minimum absolute atomic E-state index is 0.0343. The highest BCUT2D eigenvalue weighted by Crippen LogP contribution is 2.32. The van der Waals surface area contributed by atoms with Crippen LogP contribution in [0.4, 0.5) is 19.0 Å². The van der Waals surface area contributed by atoms with Gasteiger partial charge in [-0.25, -0.2) is 4.98 Å². The molecule has 10 heteroatoms. The molecule has 6 nitrogen and oxygen atoms in total. The lowest BCUT2D eigenvalue weighted by Gasteiger charge is -2.18. The Kier molecular flexibility index (Phi) is 7.04. The van der Waals surface area contributed by atoms with Crippen LogP contribution in [-0.2, 0) is 15.8 Å². The minimum Gasteiger partial charge on any atom is -0.481 e. The maximum atomic E-state index is 12.5. The SMILES string of the molecule is CC(C)(CCNC(=O)CCNc1ncc(C(F)(F)F)cc1Cl)C(=O)O. The molecule has 1 aromatic rings. The topological polar surface area (TPSA) is 91.3 Å². The second kappa shape index (κ2) is 8.37. The van der Waals surface area contributed by atoms with E-state index in [1.54, 1.807) is 13.8 Å². The van der Waals surface area contributed by atoms with Crippen molar-refractivity contribution in [2.24, 2.45) is 5.41 Å². The van der Waals surface area contributed by atoms with Crippen molar-refractivity contribution in [3.63, 3.8) is 0 Å². The van der Waals surface area contributed by atoms with Gasteiger partial charge in [-0.1, -0.05) is 11.6 Å². The van der Waals surface area contributed by atoms with Crippen LogP contribution in [0.15, 0.2) is 12.3 Å². The highest BCUT2D eigenvalue weighted by Gasteiger charge is 2.31. The quantitative estimate of drug-likeness (QED) is 0.643. The fraction of sp³-hybridized carbons (Fsp3) is 0.533. The number of carbonyl (C=O) groups is 2. The molecule has 0 aromatic carbocycles. The highest BCUT2D eigenvalue weighted by molar-refractivity contribution is 6.32. The van der Waals surface area contributed by atoms with Crippen LogP contribution < -0.4 is 10.6 Å². The number of carboxylic acid groups (broad SMARTS) is 1. The van der Waals surface area contributed by atoms with E-state index in [1.165, 1.54) is 0 Å². The molecular weight excluding hydrogens is 363 g/mol. The number of aromatic nitrogens is 1. The van der Waals surface area contributed by atoms with Crippen LogP contribution >= 0.6 is 11.6 Å². The molecule has 0 bridgehead atoms. The average Bonchev–Trinajstić information content (AvgIpc) is 2.47. The fourth-order valence-corrected chi connectivity index (χ4v) is 1.96. The summed E-state index contributed by atoms with van der Waals surface area (Å²) in [5.41, 5.74) is -1.90. The molecule has 0 unspecified atom stereocenters. The molecule has 0 saturated carbocycles. The maximum Gasteiger partial charge on any atom is 0.417 e. The molecule has 1 rings (SSSR count). The molecule has 140 valence electrons. The van der Waals surface area contributed by atoms with Crippen LogP contribution in [-0.4, -0.2) is 35.1 Å². The zero-order valence-corrected chi connectivity index (χ0v) is 14.5. The molecule has 1 amide bonds. The van der Waals surface area contributed by atoms with E-state index in [1.807, 2.05) is 0 Å². The van der Waals surface area contributed by atoms with Crippen molar-refractivity contribution in [1.29, 1.82) is 0 Å². The summed E-state index contributed by atoms with van der Waals surface area (Å²) in [7, 11) is 0. The first-order chi connectivity index (χ1) is 11.4. The van der Waals surface area contributed by atoms with Crippen LogP contribution in [0.2, 0.25) is 5.02 Å². The third-order valence-corrected chi connectivity index (χ3v) is 3.75. The minimum atomic E-state index is -4.53. The lowest BCUT2D eigenvalue weighted by molar-refractivity contribution is -0.147. The lowest BCUT2D eigenvalue weighted by atomic mass is 9.90. The molecule has 0 saturated heterocycles. The van der Waals surface area contributed by atoms with Crippen molar-refractivity contribution < 1.29 is 27.9 Å². The molecule has 0 spiro atoms. The van der Waals surface area contributed by atoms with Crippen molar-refractivity contribution >= 4 is 29.3 Å². The average molecular weight is 382 g/mol. The van der Waals surface area contributed by atoms with E-state index in [2.05, 4.69) is 15.6 Å². The molecule has 0 atom stereocenters. The van der Waals surface area contributed by atoms with Gasteiger partial charge in [0.25, 0.3) is 0 Å². The Morgan fingerprint density at radius 3 is 2.44 bits per heavy atom. The van der Waals surface area contributed by atoms with E-state index in [-0.39, 0.29) is 42.7 Å². The largest absolute Gasteiger partial charge is 0.481 e. The summed E-state index contributed by atoms with van der Waals surface area (Å²) in [4.78, 5) is 26.2. The van der Waals surface area contributed by atoms with Gasteiger partial charge < -0.3 is 15.7 Å². The number of nitrogens with one attached hydrogen (secondary N) is 2. The maximum absolute atomic E-state index is 12.5. The Labute approximate surface area is 147 Å². The van der Waals surface area contributed by atoms with Gasteiger partial charge in [0, 0.05) is 25.7 Å². The molecule has 3 N–H and O–H groups in total. The number of amides is 1. The molecule has 1 aromatic heterocycles. The summed E-state index contributed by atoms with van der Waals surface area (Å²) in [6.07, 6.45) is -3.57. The smallest absolute Gasteiger partial charge is 0.417 e. The van der Waals surface area contributed by atoms with Crippen molar-refractivity contribution in [2.45, 2.75) is 32.9 Å². The summed E-state index contributed by atoms with van der Waals surface area (Å²) >= 11 is 5.73. The van der Waals surface area contributed by atoms with E-state index in [0.717, 1.165) is 6.07 Å². The van der Waals surface area contributed by atoms with Gasteiger partial charge >= 0.3 is 12.1 Å². The van der Waals surface area contributed by atoms with Gasteiger partial charge in [-0.15, -0.1) is 0 Å². The number of anilines is 1. The second-order valence-corrected chi connectivity index (χ2v) is 6.43. The number of alkyl halides is 3. The van der Waals surface area contributed by atoms with E-state index in [4.69, 9.17) is 16.7 Å². The normalized spacial score (nSPS) is 11.9. The van der Waals surface area contributed by atoms with Gasteiger partial charge in [0.2, 0.25) is 5.91 Å². The van der Waals surface area contributed by atoms with Gasteiger partial charge in [0.1, 0.15) is 5.82 Å². The van der Waals surface area contributed by atoms with E-state index in [0.29, 0.717) is 6.20 Å². The van der Waals surface area contributed by atoms with Crippen LogP contribution in [0, 0.1) is 5.41 Å². The van der Waals surface area contributed by atoms with E-state index < -0.39 is 23.1 Å². The highest BCUT2D eigenvalue weighted by atomic mass is 35.5. The number of hydrogen-bond donors (Lipinski definition) is 3. The number of hydrogen-bond acceptors (Lipinski definition) is 4. The Bertz CT molecular complexity index is 636. The number of halogens is 4. The number of carbonyl (C=O) groups excluding carboxylic acids is 1. The van der Waals surface area contributed by atoms with Gasteiger partial charge in [0.15, 0.2) is 0 Å². The van der Waals surface area contributed by atoms with E-state index in [9.17, 15) is 22.8 Å². The number of carboxylic acids is 1. The zero-order chi connectivity index (χ0) is 19.3. The number of pyridine rings is 1. The standard InChI is InChI=1S/C15H19ClF3N3O3/c1-14(2,13(24)25)4-6-20-11(23)3-5-21-12-10(16)7-9(8-22-12)15(17,18)19/h7-8H,3-6H2,1-2H3,(H,20,23)(H,21,22)(H,24,25). The Hall–Kier alpha value is -2.03. The van der Waals surface area contributed by atoms with Crippen LogP contribution in [0.3, 0.4) is 0 Å². The van der Waals surface area contributed by atoms with Gasteiger partial charge in [-0.05, 0) is 26.3 Å². The summed E-state index contributed by atoms with van der Waals surface area (Å²) in [5.74, 6) is -1.22. The van der Waals surface area contributed by atoms with Gasteiger partial charge in [-0.2, -0.15) is 13.2 Å². The summed E-state index contributed by atoms with van der Waals surface area (Å²) in [6.45, 7) is 3.44. The van der Waals surface area contributed by atoms with E-state index >= 15 is 0 Å². The first-order valence-electron chi connectivity index (χ1n) is 7.40. The monoisotopic (exact) mass is 381 g/mol. The fourth-order valence-electron chi connectivity index (χ4n) is 1.73. The Morgan fingerprint density at radius 2 is 1.92 bits per heavy atom. The van der Waals surface area contributed by atoms with Gasteiger partial charge in [0.05, 0.1) is 16.0 Å². The molecule has 1 heterocycles. The molecular formula is C15H19ClF3N3O3. The number of rotatable bonds is 8. The van der Waals surface area contributed by atoms with Crippen LogP contribution in [0.5, 0.6) is 0 Å². The lowest BCUT2D eigenvalue weighted by Crippen LogP contribution is -2.32. The van der Waals surface area contributed by atoms with Crippen molar-refractivity contribution in [3.05, 3.63) is 22.8 Å². The molecule has 0 aliphatic rings. The third-order valence-electron chi connectivity index (χ3n) is 3.46. The summed E-state index contributed by atoms with van der Waals surface area (Å²) in [5, 5.41) is 14.0. The van der Waals surface area contributed by atoms with Crippen molar-refractivity contribution in [1.82, 2.24) is 10.3 Å². The predicted molar refractivity (Wildman–Crippen MR) is 86.4 cm³/mol. The Morgan fingerprint density at radius 1 is 1.28 bits per heavy atom. The van der Waals surface area contributed by atoms with Crippen molar-refractivity contribution in [2.75, 3.05) is 18.4 Å². The van der Waals surface area contributed by atoms with Gasteiger partial charge in [-0.3, -0.25) is 9.59 Å². The second-order valence-electron chi connectivity index (χ2n) is 6.02. The van der Waals surface area contributed by atoms with Crippen LogP contribution in [0.1, 0.15) is 32.3 Å². The Balaban J connectivity index is 2.40. The summed E-state index contributed by atoms with van der Waals surface area (Å²) < 4.78 is 37.5. The summed E-state index contributed by atoms with van der Waals surface area (Å²) in [6, 6.07) is 0.755. The molecule has 0 aliphatic heterocycles. The predicted octanol–water partition coefficient (Wildman–Crippen LogP) is 3.17. The molecule has 0 fully saturated rings. The molecule has 0 radical (unpaired) electrons. The number of aliphatic carboxylic acids is 1.